The largest absolute Gasteiger partial charge is 0.291 e. The van der Waals surface area contributed by atoms with Crippen LogP contribution in [0.3, 0.4) is 0 Å². The molecule has 2 heterocycles. The van der Waals surface area contributed by atoms with E-state index in [9.17, 15) is 4.79 Å². The zero-order valence-electron chi connectivity index (χ0n) is 14.8. The zero-order chi connectivity index (χ0) is 19.2. The van der Waals surface area contributed by atoms with E-state index in [0.717, 1.165) is 22.5 Å². The maximum Gasteiger partial charge on any atom is 0.291 e. The van der Waals surface area contributed by atoms with Gasteiger partial charge in [0.25, 0.3) is 5.91 Å². The molecule has 0 aliphatic carbocycles. The van der Waals surface area contributed by atoms with E-state index in [0.29, 0.717) is 0 Å². The lowest BCUT2D eigenvalue weighted by Gasteiger charge is -2.00. The van der Waals surface area contributed by atoms with Crippen LogP contribution in [0, 0.1) is 0 Å². The van der Waals surface area contributed by atoms with Crippen LogP contribution < -0.4 is 5.43 Å². The van der Waals surface area contributed by atoms with E-state index in [-0.39, 0.29) is 5.69 Å². The van der Waals surface area contributed by atoms with E-state index < -0.39 is 5.91 Å². The molecule has 7 nitrogen and oxygen atoms in total. The molecule has 0 saturated heterocycles. The van der Waals surface area contributed by atoms with Crippen molar-refractivity contribution in [1.29, 1.82) is 0 Å². The summed E-state index contributed by atoms with van der Waals surface area (Å²) in [5.41, 5.74) is 6.09. The maximum atomic E-state index is 12.1. The van der Waals surface area contributed by atoms with Crippen molar-refractivity contribution in [2.45, 2.75) is 0 Å². The zero-order valence-corrected chi connectivity index (χ0v) is 14.8. The molecule has 4 aromatic rings. The summed E-state index contributed by atoms with van der Waals surface area (Å²) in [6, 6.07) is 19.6. The summed E-state index contributed by atoms with van der Waals surface area (Å²) in [5, 5.41) is 8.76. The molecule has 136 valence electrons. The third kappa shape index (κ3) is 3.83. The van der Waals surface area contributed by atoms with Crippen molar-refractivity contribution in [1.82, 2.24) is 25.2 Å². The minimum atomic E-state index is -0.430. The summed E-state index contributed by atoms with van der Waals surface area (Å²) in [5.74, 6) is -0.430. The average Bonchev–Trinajstić information content (AvgIpc) is 3.20. The molecular formula is C21H16N6O. The number of benzene rings is 2. The van der Waals surface area contributed by atoms with Crippen LogP contribution in [-0.4, -0.2) is 31.9 Å². The second-order valence-corrected chi connectivity index (χ2v) is 5.87. The normalized spacial score (nSPS) is 10.9. The summed E-state index contributed by atoms with van der Waals surface area (Å²) < 4.78 is 1.79. The standard InChI is InChI=1S/C21H16N6O/c28-21(19-14-22-11-12-23-19)25-24-13-17-15-27(18-9-5-2-6-10-18)26-20(17)16-7-3-1-4-8-16/h1-15H,(H,25,28). The second kappa shape index (κ2) is 8.05. The molecule has 2 aromatic carbocycles. The van der Waals surface area contributed by atoms with Crippen molar-refractivity contribution >= 4 is 12.1 Å². The van der Waals surface area contributed by atoms with Crippen LogP contribution in [0.4, 0.5) is 0 Å². The van der Waals surface area contributed by atoms with E-state index >= 15 is 0 Å². The van der Waals surface area contributed by atoms with Gasteiger partial charge in [-0.25, -0.2) is 15.1 Å². The van der Waals surface area contributed by atoms with Gasteiger partial charge >= 0.3 is 0 Å². The van der Waals surface area contributed by atoms with E-state index in [1.165, 1.54) is 18.6 Å². The van der Waals surface area contributed by atoms with Crippen molar-refractivity contribution in [3.8, 4) is 16.9 Å². The van der Waals surface area contributed by atoms with Gasteiger partial charge in [-0.15, -0.1) is 0 Å². The fourth-order valence-electron chi connectivity index (χ4n) is 2.65. The molecule has 28 heavy (non-hydrogen) atoms. The maximum absolute atomic E-state index is 12.1. The predicted octanol–water partition coefficient (Wildman–Crippen LogP) is 3.09. The first kappa shape index (κ1) is 17.3. The number of nitrogens with zero attached hydrogens (tertiary/aromatic N) is 5. The molecule has 0 atom stereocenters. The van der Waals surface area contributed by atoms with E-state index in [1.54, 1.807) is 10.9 Å². The van der Waals surface area contributed by atoms with Crippen LogP contribution in [0.15, 0.2) is 90.6 Å². The molecule has 4 rings (SSSR count). The fourth-order valence-corrected chi connectivity index (χ4v) is 2.65. The van der Waals surface area contributed by atoms with Crippen molar-refractivity contribution in [3.05, 3.63) is 96.7 Å². The van der Waals surface area contributed by atoms with Gasteiger partial charge in [0.05, 0.1) is 18.1 Å². The number of amides is 1. The molecule has 0 aliphatic rings. The number of aromatic nitrogens is 4. The topological polar surface area (TPSA) is 85.1 Å². The van der Waals surface area contributed by atoms with Crippen molar-refractivity contribution in [2.75, 3.05) is 0 Å². The molecule has 0 fully saturated rings. The number of rotatable bonds is 5. The molecule has 0 saturated carbocycles. The Bertz CT molecular complexity index is 1090. The van der Waals surface area contributed by atoms with Crippen LogP contribution in [0.2, 0.25) is 0 Å². The van der Waals surface area contributed by atoms with Gasteiger partial charge in [0, 0.05) is 29.7 Å². The monoisotopic (exact) mass is 368 g/mol. The van der Waals surface area contributed by atoms with Gasteiger partial charge in [0.2, 0.25) is 0 Å². The smallest absolute Gasteiger partial charge is 0.265 e. The molecule has 0 aliphatic heterocycles. The number of carbonyl (C=O) groups is 1. The number of para-hydroxylation sites is 1. The Morgan fingerprint density at radius 1 is 1.00 bits per heavy atom. The van der Waals surface area contributed by atoms with Gasteiger partial charge in [-0.1, -0.05) is 48.5 Å². The molecule has 0 radical (unpaired) electrons. The second-order valence-electron chi connectivity index (χ2n) is 5.87. The predicted molar refractivity (Wildman–Crippen MR) is 106 cm³/mol. The van der Waals surface area contributed by atoms with Crippen LogP contribution >= 0.6 is 0 Å². The van der Waals surface area contributed by atoms with E-state index in [4.69, 9.17) is 5.10 Å². The lowest BCUT2D eigenvalue weighted by Crippen LogP contribution is -2.19. The molecule has 0 bridgehead atoms. The highest BCUT2D eigenvalue weighted by Gasteiger charge is 2.11. The molecule has 7 heteroatoms. The summed E-state index contributed by atoms with van der Waals surface area (Å²) in [4.78, 5) is 19.9. The van der Waals surface area contributed by atoms with Crippen molar-refractivity contribution in [2.24, 2.45) is 5.10 Å². The van der Waals surface area contributed by atoms with Gasteiger partial charge in [-0.2, -0.15) is 10.2 Å². The summed E-state index contributed by atoms with van der Waals surface area (Å²) in [6.45, 7) is 0. The third-order valence-electron chi connectivity index (χ3n) is 3.98. The first-order valence-electron chi connectivity index (χ1n) is 8.61. The quantitative estimate of drug-likeness (QED) is 0.433. The lowest BCUT2D eigenvalue weighted by atomic mass is 10.1. The Balaban J connectivity index is 1.63. The van der Waals surface area contributed by atoms with Gasteiger partial charge in [-0.05, 0) is 12.1 Å². The Hall–Kier alpha value is -4.13. The van der Waals surface area contributed by atoms with Gasteiger partial charge in [0.15, 0.2) is 0 Å². The first-order valence-corrected chi connectivity index (χ1v) is 8.61. The Morgan fingerprint density at radius 2 is 1.75 bits per heavy atom. The minimum absolute atomic E-state index is 0.197. The van der Waals surface area contributed by atoms with Crippen LogP contribution in [-0.2, 0) is 0 Å². The molecule has 0 unspecified atom stereocenters. The van der Waals surface area contributed by atoms with Crippen LogP contribution in [0.1, 0.15) is 16.1 Å². The summed E-state index contributed by atoms with van der Waals surface area (Å²) in [6.07, 6.45) is 7.78. The lowest BCUT2D eigenvalue weighted by molar-refractivity contribution is 0.0949. The highest BCUT2D eigenvalue weighted by atomic mass is 16.2. The molecule has 1 amide bonds. The van der Waals surface area contributed by atoms with Crippen LogP contribution in [0.25, 0.3) is 16.9 Å². The number of hydrogen-bond donors (Lipinski definition) is 1. The molecule has 0 spiro atoms. The number of nitrogens with one attached hydrogen (secondary N) is 1. The Kier molecular flexibility index (Phi) is 4.97. The Labute approximate surface area is 161 Å². The summed E-state index contributed by atoms with van der Waals surface area (Å²) >= 11 is 0. The van der Waals surface area contributed by atoms with E-state index in [2.05, 4.69) is 20.5 Å². The first-order chi connectivity index (χ1) is 13.8. The average molecular weight is 368 g/mol. The van der Waals surface area contributed by atoms with Gasteiger partial charge in [-0.3, -0.25) is 9.78 Å². The van der Waals surface area contributed by atoms with Gasteiger partial charge < -0.3 is 0 Å². The SMILES string of the molecule is O=C(NN=Cc1cn(-c2ccccc2)nc1-c1ccccc1)c1cnccn1. The molecule has 1 N–H and O–H groups in total. The molecule has 2 aromatic heterocycles. The number of hydrazone groups is 1. The van der Waals surface area contributed by atoms with E-state index in [1.807, 2.05) is 66.9 Å². The van der Waals surface area contributed by atoms with Gasteiger partial charge in [0.1, 0.15) is 11.4 Å². The molecular weight excluding hydrogens is 352 g/mol. The van der Waals surface area contributed by atoms with Crippen molar-refractivity contribution in [3.63, 3.8) is 0 Å². The number of hydrogen-bond acceptors (Lipinski definition) is 5. The third-order valence-corrected chi connectivity index (χ3v) is 3.98. The van der Waals surface area contributed by atoms with Crippen molar-refractivity contribution < 1.29 is 4.79 Å². The summed E-state index contributed by atoms with van der Waals surface area (Å²) in [7, 11) is 0. The fraction of sp³-hybridized carbons (Fsp3) is 0. The number of carbonyl (C=O) groups excluding carboxylic acids is 1. The Morgan fingerprint density at radius 3 is 2.46 bits per heavy atom. The highest BCUT2D eigenvalue weighted by Crippen LogP contribution is 2.22. The minimum Gasteiger partial charge on any atom is -0.265 e. The highest BCUT2D eigenvalue weighted by molar-refractivity contribution is 5.94. The van der Waals surface area contributed by atoms with Crippen LogP contribution in [0.5, 0.6) is 0 Å².